The van der Waals surface area contributed by atoms with Crippen LogP contribution in [0.25, 0.3) is 0 Å². The average molecular weight is 242 g/mol. The Morgan fingerprint density at radius 2 is 1.76 bits per heavy atom. The molecule has 1 amide bonds. The Labute approximate surface area is 102 Å². The van der Waals surface area contributed by atoms with Gasteiger partial charge in [0.2, 0.25) is 5.91 Å². The summed E-state index contributed by atoms with van der Waals surface area (Å²) in [4.78, 5) is 26.2. The van der Waals surface area contributed by atoms with Crippen molar-refractivity contribution in [3.63, 3.8) is 0 Å². The van der Waals surface area contributed by atoms with Gasteiger partial charge in [0.05, 0.1) is 6.54 Å². The van der Waals surface area contributed by atoms with Gasteiger partial charge in [0.1, 0.15) is 6.04 Å². The molecular weight excluding hydrogens is 220 g/mol. The van der Waals surface area contributed by atoms with E-state index in [9.17, 15) is 9.59 Å². The normalized spacial score (nSPS) is 18.9. The summed E-state index contributed by atoms with van der Waals surface area (Å²) < 4.78 is 0. The van der Waals surface area contributed by atoms with Gasteiger partial charge in [-0.3, -0.25) is 14.5 Å². The first kappa shape index (κ1) is 14.0. The number of amides is 1. The minimum atomic E-state index is -0.892. The van der Waals surface area contributed by atoms with Gasteiger partial charge in [-0.05, 0) is 26.8 Å². The van der Waals surface area contributed by atoms with E-state index < -0.39 is 12.0 Å². The zero-order valence-corrected chi connectivity index (χ0v) is 10.7. The Kier molecular flexibility index (Phi) is 5.41. The highest BCUT2D eigenvalue weighted by molar-refractivity contribution is 5.79. The SMILES string of the molecule is C[C@H](C(=O)O)N(C)CC(=O)N1CCCCCC1. The van der Waals surface area contributed by atoms with Crippen LogP contribution in [0.2, 0.25) is 0 Å². The Morgan fingerprint density at radius 3 is 2.24 bits per heavy atom. The van der Waals surface area contributed by atoms with Crippen LogP contribution in [0.5, 0.6) is 0 Å². The molecule has 0 saturated carbocycles. The van der Waals surface area contributed by atoms with Gasteiger partial charge in [0.25, 0.3) is 0 Å². The van der Waals surface area contributed by atoms with Crippen molar-refractivity contribution in [2.24, 2.45) is 0 Å². The number of carboxylic acids is 1. The second kappa shape index (κ2) is 6.59. The molecular formula is C12H22N2O3. The zero-order valence-electron chi connectivity index (χ0n) is 10.7. The van der Waals surface area contributed by atoms with E-state index in [0.717, 1.165) is 25.9 Å². The number of likely N-dealkylation sites (tertiary alicyclic amines) is 1. The van der Waals surface area contributed by atoms with Gasteiger partial charge < -0.3 is 10.0 Å². The monoisotopic (exact) mass is 242 g/mol. The molecule has 0 aromatic rings. The number of aliphatic carboxylic acids is 1. The lowest BCUT2D eigenvalue weighted by molar-refractivity contribution is -0.143. The number of nitrogens with zero attached hydrogens (tertiary/aromatic N) is 2. The van der Waals surface area contributed by atoms with Crippen LogP contribution in [0, 0.1) is 0 Å². The number of hydrogen-bond acceptors (Lipinski definition) is 3. The zero-order chi connectivity index (χ0) is 12.8. The average Bonchev–Trinajstić information content (AvgIpc) is 2.56. The maximum Gasteiger partial charge on any atom is 0.320 e. The molecule has 17 heavy (non-hydrogen) atoms. The predicted octanol–water partition coefficient (Wildman–Crippen LogP) is 0.794. The van der Waals surface area contributed by atoms with Crippen LogP contribution >= 0.6 is 0 Å². The predicted molar refractivity (Wildman–Crippen MR) is 64.8 cm³/mol. The molecule has 1 aliphatic heterocycles. The number of carbonyl (C=O) groups is 2. The van der Waals surface area contributed by atoms with Crippen molar-refractivity contribution >= 4 is 11.9 Å². The van der Waals surface area contributed by atoms with Crippen molar-refractivity contribution in [3.8, 4) is 0 Å². The Balaban J connectivity index is 2.44. The van der Waals surface area contributed by atoms with Gasteiger partial charge in [-0.2, -0.15) is 0 Å². The van der Waals surface area contributed by atoms with Gasteiger partial charge in [-0.15, -0.1) is 0 Å². The lowest BCUT2D eigenvalue weighted by Crippen LogP contribution is -2.44. The van der Waals surface area contributed by atoms with Crippen LogP contribution in [0.4, 0.5) is 0 Å². The quantitative estimate of drug-likeness (QED) is 0.792. The van der Waals surface area contributed by atoms with Gasteiger partial charge in [0, 0.05) is 13.1 Å². The molecule has 1 fully saturated rings. The fraction of sp³-hybridized carbons (Fsp3) is 0.833. The van der Waals surface area contributed by atoms with Crippen molar-refractivity contribution < 1.29 is 14.7 Å². The second-order valence-corrected chi connectivity index (χ2v) is 4.72. The van der Waals surface area contributed by atoms with Gasteiger partial charge in [0.15, 0.2) is 0 Å². The molecule has 1 aliphatic rings. The number of carbonyl (C=O) groups excluding carboxylic acids is 1. The summed E-state index contributed by atoms with van der Waals surface area (Å²) in [6, 6.07) is -0.620. The highest BCUT2D eigenvalue weighted by Crippen LogP contribution is 2.10. The maximum atomic E-state index is 12.0. The van der Waals surface area contributed by atoms with E-state index >= 15 is 0 Å². The Bertz CT molecular complexity index is 273. The van der Waals surface area contributed by atoms with Crippen molar-refractivity contribution in [2.45, 2.75) is 38.6 Å². The smallest absolute Gasteiger partial charge is 0.320 e. The first-order valence-corrected chi connectivity index (χ1v) is 6.23. The Hall–Kier alpha value is -1.10. The van der Waals surface area contributed by atoms with E-state index in [1.807, 2.05) is 4.90 Å². The number of likely N-dealkylation sites (N-methyl/N-ethyl adjacent to an activating group) is 1. The van der Waals surface area contributed by atoms with E-state index in [-0.39, 0.29) is 12.5 Å². The molecule has 1 rings (SSSR count). The molecule has 0 aromatic heterocycles. The molecule has 5 heteroatoms. The molecule has 1 heterocycles. The first-order valence-electron chi connectivity index (χ1n) is 6.23. The van der Waals surface area contributed by atoms with Crippen molar-refractivity contribution in [1.82, 2.24) is 9.80 Å². The molecule has 0 aliphatic carbocycles. The summed E-state index contributed by atoms with van der Waals surface area (Å²) in [6.07, 6.45) is 4.49. The maximum absolute atomic E-state index is 12.0. The second-order valence-electron chi connectivity index (χ2n) is 4.72. The molecule has 0 unspecified atom stereocenters. The van der Waals surface area contributed by atoms with Crippen LogP contribution in [0.1, 0.15) is 32.6 Å². The van der Waals surface area contributed by atoms with E-state index in [1.165, 1.54) is 12.8 Å². The van der Waals surface area contributed by atoms with Crippen LogP contribution in [0.3, 0.4) is 0 Å². The van der Waals surface area contributed by atoms with Gasteiger partial charge >= 0.3 is 5.97 Å². The van der Waals surface area contributed by atoms with Crippen LogP contribution in [-0.2, 0) is 9.59 Å². The summed E-state index contributed by atoms with van der Waals surface area (Å²) >= 11 is 0. The van der Waals surface area contributed by atoms with E-state index in [1.54, 1.807) is 18.9 Å². The van der Waals surface area contributed by atoms with Crippen molar-refractivity contribution in [2.75, 3.05) is 26.7 Å². The fourth-order valence-corrected chi connectivity index (χ4v) is 1.96. The minimum absolute atomic E-state index is 0.0440. The summed E-state index contributed by atoms with van der Waals surface area (Å²) in [5.74, 6) is -0.848. The third-order valence-electron chi connectivity index (χ3n) is 3.36. The first-order chi connectivity index (χ1) is 8.02. The molecule has 0 bridgehead atoms. The lowest BCUT2D eigenvalue weighted by atomic mass is 10.2. The molecule has 1 N–H and O–H groups in total. The molecule has 1 saturated heterocycles. The lowest BCUT2D eigenvalue weighted by Gasteiger charge is -2.25. The standard InChI is InChI=1S/C12H22N2O3/c1-10(12(16)17)13(2)9-11(15)14-7-5-3-4-6-8-14/h10H,3-9H2,1-2H3,(H,16,17)/t10-/m1/s1. The topological polar surface area (TPSA) is 60.9 Å². The summed E-state index contributed by atoms with van der Waals surface area (Å²) in [7, 11) is 1.68. The summed E-state index contributed by atoms with van der Waals surface area (Å²) in [6.45, 7) is 3.41. The Morgan fingerprint density at radius 1 is 1.24 bits per heavy atom. The largest absolute Gasteiger partial charge is 0.480 e. The van der Waals surface area contributed by atoms with Gasteiger partial charge in [-0.1, -0.05) is 12.8 Å². The summed E-state index contributed by atoms with van der Waals surface area (Å²) in [5, 5.41) is 8.85. The number of rotatable bonds is 4. The van der Waals surface area contributed by atoms with E-state index in [0.29, 0.717) is 0 Å². The minimum Gasteiger partial charge on any atom is -0.480 e. The highest BCUT2D eigenvalue weighted by atomic mass is 16.4. The van der Waals surface area contributed by atoms with Gasteiger partial charge in [-0.25, -0.2) is 0 Å². The van der Waals surface area contributed by atoms with Crippen LogP contribution < -0.4 is 0 Å². The van der Waals surface area contributed by atoms with Crippen molar-refractivity contribution in [3.05, 3.63) is 0 Å². The number of hydrogen-bond donors (Lipinski definition) is 1. The molecule has 1 atom stereocenters. The van der Waals surface area contributed by atoms with E-state index in [2.05, 4.69) is 0 Å². The van der Waals surface area contributed by atoms with Crippen molar-refractivity contribution in [1.29, 1.82) is 0 Å². The van der Waals surface area contributed by atoms with Crippen LogP contribution in [-0.4, -0.2) is 59.5 Å². The third kappa shape index (κ3) is 4.34. The summed E-state index contributed by atoms with van der Waals surface area (Å²) in [5.41, 5.74) is 0. The van der Waals surface area contributed by atoms with Crippen LogP contribution in [0.15, 0.2) is 0 Å². The highest BCUT2D eigenvalue weighted by Gasteiger charge is 2.22. The number of carboxylic acid groups (broad SMARTS) is 1. The third-order valence-corrected chi connectivity index (χ3v) is 3.36. The molecule has 98 valence electrons. The molecule has 0 aromatic carbocycles. The molecule has 5 nitrogen and oxygen atoms in total. The molecule has 0 radical (unpaired) electrons. The van der Waals surface area contributed by atoms with E-state index in [4.69, 9.17) is 5.11 Å². The molecule has 0 spiro atoms. The fourth-order valence-electron chi connectivity index (χ4n) is 1.96.